The summed E-state index contributed by atoms with van der Waals surface area (Å²) in [6, 6.07) is 3.46. The summed E-state index contributed by atoms with van der Waals surface area (Å²) >= 11 is 0. The number of halogens is 2. The molecule has 0 atom stereocenters. The van der Waals surface area contributed by atoms with Gasteiger partial charge in [0.25, 0.3) is 5.92 Å². The Hall–Kier alpha value is -1.65. The van der Waals surface area contributed by atoms with Crippen LogP contribution in [-0.2, 0) is 10.7 Å². The van der Waals surface area contributed by atoms with E-state index in [1.807, 2.05) is 0 Å². The Kier molecular flexibility index (Phi) is 2.93. The van der Waals surface area contributed by atoms with Crippen LogP contribution in [0.15, 0.2) is 18.2 Å². The molecule has 0 bridgehead atoms. The van der Waals surface area contributed by atoms with Crippen molar-refractivity contribution < 1.29 is 18.3 Å². The molecule has 1 rings (SSSR count). The van der Waals surface area contributed by atoms with Crippen molar-refractivity contribution in [2.24, 2.45) is 0 Å². The van der Waals surface area contributed by atoms with Gasteiger partial charge in [-0.25, -0.2) is 13.6 Å². The van der Waals surface area contributed by atoms with Crippen molar-refractivity contribution in [2.75, 3.05) is 12.8 Å². The smallest absolute Gasteiger partial charge is 0.339 e. The summed E-state index contributed by atoms with van der Waals surface area (Å²) in [5, 5.41) is 0. The van der Waals surface area contributed by atoms with Crippen molar-refractivity contribution in [1.82, 2.24) is 0 Å². The van der Waals surface area contributed by atoms with Gasteiger partial charge in [-0.3, -0.25) is 0 Å². The maximum atomic E-state index is 12.9. The van der Waals surface area contributed by atoms with Crippen LogP contribution in [0, 0.1) is 0 Å². The zero-order valence-electron chi connectivity index (χ0n) is 8.38. The van der Waals surface area contributed by atoms with Crippen LogP contribution in [0.1, 0.15) is 22.8 Å². The lowest BCUT2D eigenvalue weighted by Crippen LogP contribution is -2.11. The fourth-order valence-electron chi connectivity index (χ4n) is 1.13. The molecule has 1 aromatic carbocycles. The van der Waals surface area contributed by atoms with Crippen LogP contribution in [0.2, 0.25) is 0 Å². The van der Waals surface area contributed by atoms with Crippen LogP contribution >= 0.6 is 0 Å². The van der Waals surface area contributed by atoms with Gasteiger partial charge in [-0.05, 0) is 12.1 Å². The minimum Gasteiger partial charge on any atom is -0.465 e. The summed E-state index contributed by atoms with van der Waals surface area (Å²) in [5.41, 5.74) is 5.31. The zero-order chi connectivity index (χ0) is 11.6. The van der Waals surface area contributed by atoms with E-state index >= 15 is 0 Å². The third-order valence-corrected chi connectivity index (χ3v) is 1.96. The molecule has 2 N–H and O–H groups in total. The van der Waals surface area contributed by atoms with Gasteiger partial charge in [0.1, 0.15) is 0 Å². The fraction of sp³-hybridized carbons (Fsp3) is 0.300. The molecule has 0 aliphatic heterocycles. The van der Waals surface area contributed by atoms with Crippen LogP contribution in [0.4, 0.5) is 14.5 Å². The Morgan fingerprint density at radius 2 is 2.07 bits per heavy atom. The molecule has 0 saturated carbocycles. The van der Waals surface area contributed by atoms with Crippen molar-refractivity contribution >= 4 is 11.7 Å². The van der Waals surface area contributed by atoms with Crippen LogP contribution in [0.5, 0.6) is 0 Å². The Balaban J connectivity index is 3.15. The number of alkyl halides is 2. The predicted molar refractivity (Wildman–Crippen MR) is 51.8 cm³/mol. The van der Waals surface area contributed by atoms with E-state index in [9.17, 15) is 13.6 Å². The summed E-state index contributed by atoms with van der Waals surface area (Å²) in [7, 11) is 1.20. The van der Waals surface area contributed by atoms with E-state index in [1.54, 1.807) is 0 Å². The molecule has 0 aliphatic carbocycles. The first-order valence-corrected chi connectivity index (χ1v) is 4.22. The maximum absolute atomic E-state index is 12.9. The Bertz CT molecular complexity index is 385. The van der Waals surface area contributed by atoms with Gasteiger partial charge in [0.05, 0.1) is 12.7 Å². The second kappa shape index (κ2) is 3.84. The van der Waals surface area contributed by atoms with Crippen molar-refractivity contribution in [3.05, 3.63) is 29.3 Å². The van der Waals surface area contributed by atoms with Gasteiger partial charge in [0.2, 0.25) is 0 Å². The standard InChI is InChI=1S/C10H11F2NO2/c1-10(11,12)6-3-4-7(8(13)5-6)9(14)15-2/h3-5H,13H2,1-2H3. The number of benzene rings is 1. The van der Waals surface area contributed by atoms with E-state index in [0.717, 1.165) is 19.1 Å². The van der Waals surface area contributed by atoms with Crippen molar-refractivity contribution in [1.29, 1.82) is 0 Å². The molecule has 0 aliphatic rings. The number of carbonyl (C=O) groups is 1. The molecular formula is C10H11F2NO2. The first-order valence-electron chi connectivity index (χ1n) is 4.22. The molecule has 0 amide bonds. The monoisotopic (exact) mass is 215 g/mol. The van der Waals surface area contributed by atoms with E-state index in [0.29, 0.717) is 0 Å². The first-order chi connectivity index (χ1) is 6.86. The number of rotatable bonds is 2. The molecule has 0 fully saturated rings. The molecule has 0 heterocycles. The summed E-state index contributed by atoms with van der Waals surface area (Å²) in [5.74, 6) is -3.61. The first kappa shape index (κ1) is 11.4. The highest BCUT2D eigenvalue weighted by Crippen LogP contribution is 2.29. The average molecular weight is 215 g/mol. The number of esters is 1. The Morgan fingerprint density at radius 1 is 1.47 bits per heavy atom. The predicted octanol–water partition coefficient (Wildman–Crippen LogP) is 2.17. The SMILES string of the molecule is COC(=O)c1ccc(C(C)(F)F)cc1N. The number of nitrogens with two attached hydrogens (primary N) is 1. The third-order valence-electron chi connectivity index (χ3n) is 1.96. The molecule has 15 heavy (non-hydrogen) atoms. The number of ether oxygens (including phenoxy) is 1. The largest absolute Gasteiger partial charge is 0.465 e. The van der Waals surface area contributed by atoms with Gasteiger partial charge in [0, 0.05) is 18.2 Å². The second-order valence-electron chi connectivity index (χ2n) is 3.18. The average Bonchev–Trinajstić information content (AvgIpc) is 2.15. The summed E-state index contributed by atoms with van der Waals surface area (Å²) in [6.07, 6.45) is 0. The Morgan fingerprint density at radius 3 is 2.47 bits per heavy atom. The van der Waals surface area contributed by atoms with Gasteiger partial charge < -0.3 is 10.5 Å². The Labute approximate surface area is 85.8 Å². The van der Waals surface area contributed by atoms with E-state index in [4.69, 9.17) is 5.73 Å². The molecule has 0 spiro atoms. The molecule has 5 heteroatoms. The van der Waals surface area contributed by atoms with Gasteiger partial charge in [-0.2, -0.15) is 0 Å². The van der Waals surface area contributed by atoms with E-state index in [-0.39, 0.29) is 16.8 Å². The maximum Gasteiger partial charge on any atom is 0.339 e. The normalized spacial score (nSPS) is 11.2. The number of nitrogen functional groups attached to an aromatic ring is 1. The fourth-order valence-corrected chi connectivity index (χ4v) is 1.13. The van der Waals surface area contributed by atoms with Gasteiger partial charge >= 0.3 is 5.97 Å². The molecule has 3 nitrogen and oxygen atoms in total. The number of carbonyl (C=O) groups excluding carboxylic acids is 1. The molecule has 82 valence electrons. The van der Waals surface area contributed by atoms with Gasteiger partial charge in [-0.1, -0.05) is 6.07 Å². The van der Waals surface area contributed by atoms with Crippen molar-refractivity contribution in [3.63, 3.8) is 0 Å². The van der Waals surface area contributed by atoms with Crippen LogP contribution < -0.4 is 5.73 Å². The van der Waals surface area contributed by atoms with E-state index in [1.165, 1.54) is 13.2 Å². The third kappa shape index (κ3) is 2.43. The highest BCUT2D eigenvalue weighted by Gasteiger charge is 2.25. The van der Waals surface area contributed by atoms with Crippen molar-refractivity contribution in [3.8, 4) is 0 Å². The topological polar surface area (TPSA) is 52.3 Å². The lowest BCUT2D eigenvalue weighted by atomic mass is 10.1. The highest BCUT2D eigenvalue weighted by atomic mass is 19.3. The van der Waals surface area contributed by atoms with Gasteiger partial charge in [-0.15, -0.1) is 0 Å². The number of hydrogen-bond donors (Lipinski definition) is 1. The summed E-state index contributed by atoms with van der Waals surface area (Å²) in [4.78, 5) is 11.1. The van der Waals surface area contributed by atoms with Crippen molar-refractivity contribution in [2.45, 2.75) is 12.8 Å². The van der Waals surface area contributed by atoms with Gasteiger partial charge in [0.15, 0.2) is 0 Å². The minimum atomic E-state index is -2.97. The van der Waals surface area contributed by atoms with Crippen LogP contribution in [0.25, 0.3) is 0 Å². The van der Waals surface area contributed by atoms with E-state index < -0.39 is 11.9 Å². The van der Waals surface area contributed by atoms with Crippen LogP contribution in [0.3, 0.4) is 0 Å². The molecule has 0 saturated heterocycles. The second-order valence-corrected chi connectivity index (χ2v) is 3.18. The van der Waals surface area contributed by atoms with Crippen LogP contribution in [-0.4, -0.2) is 13.1 Å². The lowest BCUT2D eigenvalue weighted by molar-refractivity contribution is 0.0174. The highest BCUT2D eigenvalue weighted by molar-refractivity contribution is 5.95. The molecule has 1 aromatic rings. The molecule has 0 unspecified atom stereocenters. The molecule has 0 aromatic heterocycles. The van der Waals surface area contributed by atoms with E-state index in [2.05, 4.69) is 4.74 Å². The quantitative estimate of drug-likeness (QED) is 0.607. The zero-order valence-corrected chi connectivity index (χ0v) is 8.38. The minimum absolute atomic E-state index is 0.0131. The number of methoxy groups -OCH3 is 1. The molecular weight excluding hydrogens is 204 g/mol. The lowest BCUT2D eigenvalue weighted by Gasteiger charge is -2.12. The summed E-state index contributed by atoms with van der Waals surface area (Å²) in [6.45, 7) is 0.763. The number of hydrogen-bond acceptors (Lipinski definition) is 3. The number of anilines is 1. The summed E-state index contributed by atoms with van der Waals surface area (Å²) < 4.78 is 30.2. The molecule has 0 radical (unpaired) electrons.